The zero-order chi connectivity index (χ0) is 35.4. The van der Waals surface area contributed by atoms with Gasteiger partial charge in [0.15, 0.2) is 0 Å². The van der Waals surface area contributed by atoms with Gasteiger partial charge in [-0.3, -0.25) is 24.1 Å². The highest BCUT2D eigenvalue weighted by molar-refractivity contribution is 5.98. The lowest BCUT2D eigenvalue weighted by molar-refractivity contribution is -0.129. The molecule has 1 saturated heterocycles. The number of primary amides is 1. The van der Waals surface area contributed by atoms with E-state index in [9.17, 15) is 24.3 Å². The number of fused-ring (bicyclic) bond motifs is 1. The highest BCUT2D eigenvalue weighted by atomic mass is 16.3. The molecule has 2 heterocycles. The number of pyridine rings is 1. The van der Waals surface area contributed by atoms with Crippen molar-refractivity contribution in [1.29, 1.82) is 0 Å². The molecule has 49 heavy (non-hydrogen) atoms. The average molecular weight is 671 g/mol. The van der Waals surface area contributed by atoms with Gasteiger partial charge >= 0.3 is 0 Å². The molecule has 1 aromatic heterocycles. The number of hydrogen-bond acceptors (Lipinski definition) is 7. The van der Waals surface area contributed by atoms with Crippen LogP contribution in [0.25, 0.3) is 10.9 Å². The summed E-state index contributed by atoms with van der Waals surface area (Å²) in [7, 11) is 0. The zero-order valence-electron chi connectivity index (χ0n) is 28.7. The number of carbonyl (C=O) groups excluding carboxylic acids is 4. The summed E-state index contributed by atoms with van der Waals surface area (Å²) < 4.78 is 0. The molecule has 2 aromatic carbocycles. The molecule has 262 valence electrons. The molecule has 4 rings (SSSR count). The lowest BCUT2D eigenvalue weighted by atomic mass is 9.97. The lowest BCUT2D eigenvalue weighted by Gasteiger charge is -2.36. The maximum Gasteiger partial charge on any atom is 0.270 e. The van der Waals surface area contributed by atoms with Gasteiger partial charge in [-0.25, -0.2) is 4.98 Å². The minimum atomic E-state index is -1.31. The molecule has 2 radical (unpaired) electrons. The number of benzene rings is 2. The number of β-amino-alcohol motifs (C(OH)–C–C–N with tert-alkyl or cyclic N) is 1. The molecule has 0 bridgehead atoms. The van der Waals surface area contributed by atoms with Crippen molar-refractivity contribution in [3.8, 4) is 0 Å². The molecule has 4 atom stereocenters. The predicted octanol–water partition coefficient (Wildman–Crippen LogP) is 3.25. The van der Waals surface area contributed by atoms with Crippen molar-refractivity contribution >= 4 is 34.5 Å². The Bertz CT molecular complexity index is 1560. The number of nitrogens with zero attached hydrogens (tertiary/aromatic N) is 2. The first kappa shape index (κ1) is 37.5. The molecule has 11 heteroatoms. The maximum absolute atomic E-state index is 13.5. The van der Waals surface area contributed by atoms with E-state index in [2.05, 4.69) is 33.8 Å². The van der Waals surface area contributed by atoms with E-state index < -0.39 is 53.9 Å². The predicted molar refractivity (Wildman–Crippen MR) is 190 cm³/mol. The first-order valence-corrected chi connectivity index (χ1v) is 17.1. The average Bonchev–Trinajstić information content (AvgIpc) is 3.06. The van der Waals surface area contributed by atoms with Gasteiger partial charge in [-0.15, -0.1) is 0 Å². The van der Waals surface area contributed by atoms with Gasteiger partial charge in [0.25, 0.3) is 5.91 Å². The fraction of sp³-hybridized carbons (Fsp3) is 0.447. The second kappa shape index (κ2) is 17.9. The van der Waals surface area contributed by atoms with Gasteiger partial charge in [-0.05, 0) is 70.6 Å². The number of hydrogen-bond donors (Lipinski definition) is 5. The minimum Gasteiger partial charge on any atom is -0.390 e. The summed E-state index contributed by atoms with van der Waals surface area (Å²) in [6.07, 6.45) is 7.52. The van der Waals surface area contributed by atoms with E-state index in [1.54, 1.807) is 18.2 Å². The summed E-state index contributed by atoms with van der Waals surface area (Å²) in [6.45, 7) is 6.43. The third kappa shape index (κ3) is 11.9. The number of aromatic nitrogens is 1. The van der Waals surface area contributed by atoms with Crippen LogP contribution in [0.4, 0.5) is 0 Å². The lowest BCUT2D eigenvalue weighted by Crippen LogP contribution is -2.57. The number of carbonyl (C=O) groups is 4. The normalized spacial score (nSPS) is 18.1. The summed E-state index contributed by atoms with van der Waals surface area (Å²) in [6, 6.07) is 17.5. The number of amides is 4. The summed E-state index contributed by atoms with van der Waals surface area (Å²) in [5, 5.41) is 21.1. The van der Waals surface area contributed by atoms with Gasteiger partial charge < -0.3 is 26.8 Å². The van der Waals surface area contributed by atoms with Crippen LogP contribution in [-0.2, 0) is 20.8 Å². The first-order chi connectivity index (χ1) is 23.4. The molecule has 1 aliphatic heterocycles. The molecular weight excluding hydrogens is 620 g/mol. The smallest absolute Gasteiger partial charge is 0.270 e. The first-order valence-electron chi connectivity index (χ1n) is 17.1. The van der Waals surface area contributed by atoms with Crippen molar-refractivity contribution < 1.29 is 24.3 Å². The summed E-state index contributed by atoms with van der Waals surface area (Å²) >= 11 is 0. The number of nitrogens with one attached hydrogen (secondary N) is 3. The third-order valence-corrected chi connectivity index (χ3v) is 8.46. The van der Waals surface area contributed by atoms with E-state index in [1.807, 2.05) is 74.2 Å². The quantitative estimate of drug-likeness (QED) is 0.197. The van der Waals surface area contributed by atoms with Crippen molar-refractivity contribution in [2.24, 2.45) is 5.73 Å². The molecule has 0 spiro atoms. The topological polar surface area (TPSA) is 167 Å². The number of rotatable bonds is 12. The van der Waals surface area contributed by atoms with E-state index in [1.165, 1.54) is 0 Å². The van der Waals surface area contributed by atoms with Crippen LogP contribution < -0.4 is 21.7 Å². The van der Waals surface area contributed by atoms with Crippen molar-refractivity contribution in [2.45, 2.75) is 95.5 Å². The van der Waals surface area contributed by atoms with Gasteiger partial charge in [0, 0.05) is 24.0 Å². The SMILES string of the molecule is CC(C)(C)NC(=O)[C@@H]1C[CH]CCCC[CH]CN1C[C@@H](O)[C@H](Cc1ccccc1)NC(=O)C[C@H](NC(=O)c1ccc2ccccc2n1)C(N)=O. The van der Waals surface area contributed by atoms with Crippen LogP contribution in [0.1, 0.15) is 75.3 Å². The van der Waals surface area contributed by atoms with Gasteiger partial charge in [-0.2, -0.15) is 0 Å². The van der Waals surface area contributed by atoms with Crippen molar-refractivity contribution in [3.05, 3.63) is 90.8 Å². The number of aliphatic hydroxyl groups is 1. The molecule has 0 unspecified atom stereocenters. The zero-order valence-corrected chi connectivity index (χ0v) is 28.7. The molecule has 3 aromatic rings. The summed E-state index contributed by atoms with van der Waals surface area (Å²) in [5.41, 5.74) is 6.78. The second-order valence-corrected chi connectivity index (χ2v) is 13.8. The molecule has 6 N–H and O–H groups in total. The van der Waals surface area contributed by atoms with Crippen molar-refractivity contribution in [3.63, 3.8) is 0 Å². The summed E-state index contributed by atoms with van der Waals surface area (Å²) in [4.78, 5) is 58.8. The van der Waals surface area contributed by atoms with E-state index in [-0.39, 0.29) is 18.1 Å². The van der Waals surface area contributed by atoms with E-state index in [0.717, 1.165) is 36.6 Å². The minimum absolute atomic E-state index is 0.0848. The monoisotopic (exact) mass is 670 g/mol. The van der Waals surface area contributed by atoms with Gasteiger partial charge in [0.1, 0.15) is 11.7 Å². The van der Waals surface area contributed by atoms with Crippen LogP contribution in [0.15, 0.2) is 66.7 Å². The Kier molecular flexibility index (Phi) is 13.7. The Balaban J connectivity index is 1.50. The van der Waals surface area contributed by atoms with Gasteiger partial charge in [0.2, 0.25) is 17.7 Å². The molecule has 1 fully saturated rings. The van der Waals surface area contributed by atoms with Crippen LogP contribution in [0.5, 0.6) is 0 Å². The molecule has 0 saturated carbocycles. The van der Waals surface area contributed by atoms with Crippen LogP contribution in [-0.4, -0.2) is 81.5 Å². The second-order valence-electron chi connectivity index (χ2n) is 13.8. The Morgan fingerprint density at radius 2 is 1.63 bits per heavy atom. The van der Waals surface area contributed by atoms with Crippen molar-refractivity contribution in [2.75, 3.05) is 13.1 Å². The number of para-hydroxylation sites is 1. The maximum atomic E-state index is 13.5. The van der Waals surface area contributed by atoms with Crippen LogP contribution >= 0.6 is 0 Å². The fourth-order valence-electron chi connectivity index (χ4n) is 5.93. The molecule has 11 nitrogen and oxygen atoms in total. The van der Waals surface area contributed by atoms with Crippen LogP contribution in [0, 0.1) is 12.8 Å². The molecule has 1 aliphatic rings. The van der Waals surface area contributed by atoms with E-state index in [4.69, 9.17) is 5.73 Å². The number of aliphatic hydroxyl groups excluding tert-OH is 1. The number of nitrogens with two attached hydrogens (primary N) is 1. The van der Waals surface area contributed by atoms with Crippen LogP contribution in [0.3, 0.4) is 0 Å². The molecule has 0 aliphatic carbocycles. The van der Waals surface area contributed by atoms with E-state index in [0.29, 0.717) is 24.9 Å². The Morgan fingerprint density at radius 1 is 0.939 bits per heavy atom. The molecular formula is C38H50N6O5. The standard InChI is InChI=1S/C38H50N6O5/c1-38(2,3)43-37(49)32-19-11-6-4-5-7-14-22-44(32)25-33(45)30(23-26-15-9-8-10-16-26)41-34(46)24-31(35(39)47)42-36(48)29-21-20-27-17-12-13-18-28(27)40-29/h8-18,20-21,30-33,45H,4-7,19,22-25H2,1-3H3,(H2,39,47)(H,41,46)(H,42,48)(H,43,49)/t30-,31-,32-,33+/m0/s1. The summed E-state index contributed by atoms with van der Waals surface area (Å²) in [5.74, 6) is -2.20. The largest absolute Gasteiger partial charge is 0.390 e. The van der Waals surface area contributed by atoms with Crippen LogP contribution in [0.2, 0.25) is 0 Å². The third-order valence-electron chi connectivity index (χ3n) is 8.46. The van der Waals surface area contributed by atoms with Crippen molar-refractivity contribution in [1.82, 2.24) is 25.8 Å². The Labute approximate surface area is 289 Å². The van der Waals surface area contributed by atoms with Gasteiger partial charge in [0.05, 0.1) is 30.1 Å². The highest BCUT2D eigenvalue weighted by Gasteiger charge is 2.33. The van der Waals surface area contributed by atoms with E-state index >= 15 is 0 Å². The van der Waals surface area contributed by atoms with Gasteiger partial charge in [-0.1, -0.05) is 73.9 Å². The fourth-order valence-corrected chi connectivity index (χ4v) is 5.93. The molecule has 4 amide bonds. The Hall–Kier alpha value is -4.35. The highest BCUT2D eigenvalue weighted by Crippen LogP contribution is 2.19. The Morgan fingerprint density at radius 3 is 2.35 bits per heavy atom.